The van der Waals surface area contributed by atoms with Gasteiger partial charge in [-0.15, -0.1) is 0 Å². The van der Waals surface area contributed by atoms with Crippen molar-refractivity contribution in [1.82, 2.24) is 20.2 Å². The van der Waals surface area contributed by atoms with E-state index in [1.165, 1.54) is 18.2 Å². The lowest BCUT2D eigenvalue weighted by Gasteiger charge is -2.07. The van der Waals surface area contributed by atoms with Crippen LogP contribution in [0.3, 0.4) is 0 Å². The summed E-state index contributed by atoms with van der Waals surface area (Å²) in [7, 11) is 0. The molecule has 22 heavy (non-hydrogen) atoms. The summed E-state index contributed by atoms with van der Waals surface area (Å²) in [5.74, 6) is -1.16. The third-order valence-electron chi connectivity index (χ3n) is 2.85. The number of aryl methyl sites for hydroxylation is 1. The van der Waals surface area contributed by atoms with Crippen LogP contribution >= 0.6 is 11.6 Å². The number of rotatable bonds is 3. The molecular formula is C14H10ClF2N5. The number of benzene rings is 1. The number of anilines is 2. The minimum absolute atomic E-state index is 0.0146. The first-order valence-corrected chi connectivity index (χ1v) is 6.69. The van der Waals surface area contributed by atoms with Crippen molar-refractivity contribution in [2.24, 2.45) is 0 Å². The molecule has 0 amide bonds. The number of hydrogen-bond donors (Lipinski definition) is 2. The van der Waals surface area contributed by atoms with Crippen molar-refractivity contribution in [3.63, 3.8) is 0 Å². The highest BCUT2D eigenvalue weighted by atomic mass is 35.5. The van der Waals surface area contributed by atoms with Crippen LogP contribution in [-0.2, 0) is 0 Å². The molecule has 8 heteroatoms. The van der Waals surface area contributed by atoms with Gasteiger partial charge in [0.05, 0.1) is 5.56 Å². The van der Waals surface area contributed by atoms with Crippen molar-refractivity contribution < 1.29 is 8.78 Å². The summed E-state index contributed by atoms with van der Waals surface area (Å²) in [5, 5.41) is 9.79. The van der Waals surface area contributed by atoms with Crippen LogP contribution in [0.15, 0.2) is 30.3 Å². The Balaban J connectivity index is 2.01. The van der Waals surface area contributed by atoms with Gasteiger partial charge in [-0.2, -0.15) is 5.10 Å². The van der Waals surface area contributed by atoms with Crippen molar-refractivity contribution in [3.8, 4) is 11.4 Å². The van der Waals surface area contributed by atoms with Gasteiger partial charge in [-0.25, -0.2) is 18.7 Å². The van der Waals surface area contributed by atoms with Crippen LogP contribution < -0.4 is 5.32 Å². The lowest BCUT2D eigenvalue weighted by atomic mass is 10.2. The number of aromatic nitrogens is 4. The summed E-state index contributed by atoms with van der Waals surface area (Å²) in [6.07, 6.45) is 0. The second-order valence-electron chi connectivity index (χ2n) is 4.56. The van der Waals surface area contributed by atoms with Crippen LogP contribution in [0.2, 0.25) is 5.15 Å². The van der Waals surface area contributed by atoms with E-state index in [9.17, 15) is 8.78 Å². The first-order valence-electron chi connectivity index (χ1n) is 6.31. The quantitative estimate of drug-likeness (QED) is 0.719. The average molecular weight is 322 g/mol. The maximum Gasteiger partial charge on any atom is 0.169 e. The molecule has 3 aromatic rings. The molecule has 0 bridgehead atoms. The number of halogens is 3. The molecule has 2 N–H and O–H groups in total. The summed E-state index contributed by atoms with van der Waals surface area (Å²) in [6, 6.07) is 7.01. The molecule has 1 aromatic carbocycles. The summed E-state index contributed by atoms with van der Waals surface area (Å²) in [6.45, 7) is 1.85. The Labute approximate surface area is 129 Å². The summed E-state index contributed by atoms with van der Waals surface area (Å²) in [4.78, 5) is 8.08. The molecule has 0 atom stereocenters. The Kier molecular flexibility index (Phi) is 3.72. The maximum absolute atomic E-state index is 13.8. The van der Waals surface area contributed by atoms with E-state index < -0.39 is 11.6 Å². The van der Waals surface area contributed by atoms with E-state index in [1.807, 2.05) is 6.92 Å². The molecule has 0 saturated carbocycles. The lowest BCUT2D eigenvalue weighted by Crippen LogP contribution is -2.00. The van der Waals surface area contributed by atoms with E-state index in [4.69, 9.17) is 11.6 Å². The van der Waals surface area contributed by atoms with Crippen LogP contribution in [-0.4, -0.2) is 20.2 Å². The fourth-order valence-electron chi connectivity index (χ4n) is 1.89. The van der Waals surface area contributed by atoms with Crippen molar-refractivity contribution in [2.75, 3.05) is 5.32 Å². The summed E-state index contributed by atoms with van der Waals surface area (Å²) in [5.41, 5.74) is 0.794. The van der Waals surface area contributed by atoms with Crippen molar-refractivity contribution in [3.05, 3.63) is 52.8 Å². The predicted octanol–water partition coefficient (Wildman–Crippen LogP) is 3.85. The van der Waals surface area contributed by atoms with E-state index in [0.717, 1.165) is 11.8 Å². The molecule has 2 aromatic heterocycles. The molecule has 112 valence electrons. The summed E-state index contributed by atoms with van der Waals surface area (Å²) < 4.78 is 27.2. The molecule has 2 heterocycles. The zero-order valence-corrected chi connectivity index (χ0v) is 12.1. The molecular weight excluding hydrogens is 312 g/mol. The van der Waals surface area contributed by atoms with Gasteiger partial charge in [-0.3, -0.25) is 5.10 Å². The topological polar surface area (TPSA) is 66.5 Å². The second-order valence-corrected chi connectivity index (χ2v) is 4.95. The van der Waals surface area contributed by atoms with Crippen molar-refractivity contribution >= 4 is 23.2 Å². The molecule has 0 radical (unpaired) electrons. The lowest BCUT2D eigenvalue weighted by molar-refractivity contribution is 0.510. The van der Waals surface area contributed by atoms with E-state index >= 15 is 0 Å². The van der Waals surface area contributed by atoms with Gasteiger partial charge in [-0.1, -0.05) is 17.7 Å². The molecule has 0 spiro atoms. The Hall–Kier alpha value is -2.54. The second kappa shape index (κ2) is 5.69. The minimum Gasteiger partial charge on any atom is -0.323 e. The first-order chi connectivity index (χ1) is 10.5. The fourth-order valence-corrected chi connectivity index (χ4v) is 2.08. The van der Waals surface area contributed by atoms with Crippen molar-refractivity contribution in [1.29, 1.82) is 0 Å². The van der Waals surface area contributed by atoms with E-state index in [-0.39, 0.29) is 16.5 Å². The molecule has 0 fully saturated rings. The normalized spacial score (nSPS) is 10.7. The van der Waals surface area contributed by atoms with Crippen LogP contribution in [0, 0.1) is 18.6 Å². The van der Waals surface area contributed by atoms with Gasteiger partial charge in [0, 0.05) is 17.8 Å². The first kappa shape index (κ1) is 14.4. The third-order valence-corrected chi connectivity index (χ3v) is 3.04. The van der Waals surface area contributed by atoms with Gasteiger partial charge in [0.25, 0.3) is 0 Å². The molecule has 0 aliphatic rings. The highest BCUT2D eigenvalue weighted by molar-refractivity contribution is 6.29. The largest absolute Gasteiger partial charge is 0.323 e. The molecule has 0 unspecified atom stereocenters. The van der Waals surface area contributed by atoms with Gasteiger partial charge in [-0.05, 0) is 19.1 Å². The smallest absolute Gasteiger partial charge is 0.169 e. The highest BCUT2D eigenvalue weighted by Crippen LogP contribution is 2.25. The maximum atomic E-state index is 13.8. The molecule has 3 rings (SSSR count). The molecule has 0 aliphatic heterocycles. The zero-order chi connectivity index (χ0) is 15.7. The van der Waals surface area contributed by atoms with E-state index in [0.29, 0.717) is 11.6 Å². The molecule has 0 aliphatic carbocycles. The van der Waals surface area contributed by atoms with Gasteiger partial charge in [0.1, 0.15) is 11.0 Å². The number of H-pyrrole nitrogens is 1. The summed E-state index contributed by atoms with van der Waals surface area (Å²) >= 11 is 5.93. The number of hydrogen-bond acceptors (Lipinski definition) is 4. The van der Waals surface area contributed by atoms with Gasteiger partial charge < -0.3 is 5.32 Å². The Morgan fingerprint density at radius 3 is 2.68 bits per heavy atom. The predicted molar refractivity (Wildman–Crippen MR) is 79.0 cm³/mol. The number of nitrogens with one attached hydrogen (secondary N) is 2. The van der Waals surface area contributed by atoms with Gasteiger partial charge in [0.2, 0.25) is 0 Å². The number of nitrogens with zero attached hydrogens (tertiary/aromatic N) is 3. The molecule has 0 saturated heterocycles. The van der Waals surface area contributed by atoms with Gasteiger partial charge >= 0.3 is 0 Å². The zero-order valence-electron chi connectivity index (χ0n) is 11.4. The monoisotopic (exact) mass is 321 g/mol. The van der Waals surface area contributed by atoms with Crippen LogP contribution in [0.25, 0.3) is 11.4 Å². The number of aromatic amines is 1. The van der Waals surface area contributed by atoms with E-state index in [1.54, 1.807) is 6.07 Å². The van der Waals surface area contributed by atoms with E-state index in [2.05, 4.69) is 25.5 Å². The highest BCUT2D eigenvalue weighted by Gasteiger charge is 2.14. The Morgan fingerprint density at radius 2 is 1.95 bits per heavy atom. The van der Waals surface area contributed by atoms with Crippen LogP contribution in [0.4, 0.5) is 20.4 Å². The third kappa shape index (κ3) is 2.89. The van der Waals surface area contributed by atoms with Crippen molar-refractivity contribution in [2.45, 2.75) is 6.92 Å². The molecule has 5 nitrogen and oxygen atoms in total. The van der Waals surface area contributed by atoms with Crippen LogP contribution in [0.5, 0.6) is 0 Å². The minimum atomic E-state index is -1.02. The van der Waals surface area contributed by atoms with Gasteiger partial charge in [0.15, 0.2) is 23.3 Å². The fraction of sp³-hybridized carbons (Fsp3) is 0.0714. The van der Waals surface area contributed by atoms with Crippen LogP contribution in [0.1, 0.15) is 5.69 Å². The SMILES string of the molecule is Cc1cc(Nc2cc(Cl)nc(-c3cccc(F)c3F)n2)n[nH]1. The average Bonchev–Trinajstić information content (AvgIpc) is 2.86. The Bertz CT molecular complexity index is 834. The Morgan fingerprint density at radius 1 is 1.14 bits per heavy atom. The standard InChI is InChI=1S/C14H10ClF2N5/c1-7-5-12(22-21-7)19-11-6-10(15)18-14(20-11)8-3-2-4-9(16)13(8)17/h2-6H,1H3,(H2,18,19,20,21,22).